The van der Waals surface area contributed by atoms with Gasteiger partial charge in [0.25, 0.3) is 0 Å². The molecule has 0 aromatic rings. The Balaban J connectivity index is 3.93. The van der Waals surface area contributed by atoms with Gasteiger partial charge >= 0.3 is 0 Å². The predicted octanol–water partition coefficient (Wildman–Crippen LogP) is 2.28. The van der Waals surface area contributed by atoms with Crippen LogP contribution in [0.4, 0.5) is 0 Å². The first kappa shape index (κ1) is 14.7. The van der Waals surface area contributed by atoms with Gasteiger partial charge in [-0.3, -0.25) is 4.79 Å². The summed E-state index contributed by atoms with van der Waals surface area (Å²) in [5, 5.41) is 0. The molecule has 0 spiro atoms. The molecule has 0 atom stereocenters. The Morgan fingerprint density at radius 2 is 2.13 bits per heavy atom. The van der Waals surface area contributed by atoms with Crippen molar-refractivity contribution in [3.63, 3.8) is 0 Å². The second-order valence-corrected chi connectivity index (χ2v) is 4.15. The largest absolute Gasteiger partial charge is 0.372 e. The van der Waals surface area contributed by atoms with E-state index in [2.05, 4.69) is 0 Å². The molecule has 3 nitrogen and oxygen atoms in total. The van der Waals surface area contributed by atoms with Gasteiger partial charge in [0.2, 0.25) is 5.91 Å². The molecule has 0 radical (unpaired) electrons. The van der Waals surface area contributed by atoms with E-state index in [0.29, 0.717) is 12.5 Å². The highest BCUT2D eigenvalue weighted by Crippen LogP contribution is 2.02. The molecule has 0 bridgehead atoms. The molecule has 0 saturated heterocycles. The number of hydrogen-bond acceptors (Lipinski definition) is 2. The Morgan fingerprint density at radius 1 is 1.47 bits per heavy atom. The molecule has 0 fully saturated rings. The first-order valence-electron chi connectivity index (χ1n) is 5.56. The van der Waals surface area contributed by atoms with E-state index in [1.54, 1.807) is 0 Å². The number of carbonyl (C=O) groups excluding carboxylic acids is 1. The summed E-state index contributed by atoms with van der Waals surface area (Å²) in [4.78, 5) is 13.5. The molecular weight excluding hydrogens is 214 g/mol. The summed E-state index contributed by atoms with van der Waals surface area (Å²) in [6.07, 6.45) is 1.77. The number of nitrogens with zero attached hydrogens (tertiary/aromatic N) is 1. The molecule has 15 heavy (non-hydrogen) atoms. The maximum Gasteiger partial charge on any atom is 0.248 e. The molecule has 0 N–H and O–H groups in total. The van der Waals surface area contributed by atoms with Crippen LogP contribution in [0.2, 0.25) is 0 Å². The number of amides is 1. The number of hydrogen-bond donors (Lipinski definition) is 0. The lowest BCUT2D eigenvalue weighted by atomic mass is 10.3. The second kappa shape index (κ2) is 8.98. The molecule has 0 aliphatic rings. The van der Waals surface area contributed by atoms with Crippen LogP contribution >= 0.6 is 11.6 Å². The predicted molar refractivity (Wildman–Crippen MR) is 63.3 cm³/mol. The molecule has 90 valence electrons. The van der Waals surface area contributed by atoms with E-state index in [1.165, 1.54) is 0 Å². The number of halogens is 1. The zero-order valence-electron chi connectivity index (χ0n) is 9.96. The fourth-order valence-electron chi connectivity index (χ4n) is 1.29. The molecule has 0 aromatic carbocycles. The Bertz CT molecular complexity index is 174. The lowest BCUT2D eigenvalue weighted by Gasteiger charge is -2.26. The standard InChI is InChI=1S/C11H22ClNO2/c1-4-8-15-9-11(14)13(10(2)3)7-5-6-12/h10H,4-9H2,1-3H3. The van der Waals surface area contributed by atoms with Crippen molar-refractivity contribution < 1.29 is 9.53 Å². The molecule has 0 aromatic heterocycles. The minimum absolute atomic E-state index is 0.0589. The first-order chi connectivity index (χ1) is 7.13. The average molecular weight is 236 g/mol. The Morgan fingerprint density at radius 3 is 2.60 bits per heavy atom. The topological polar surface area (TPSA) is 29.5 Å². The van der Waals surface area contributed by atoms with Gasteiger partial charge in [0.05, 0.1) is 0 Å². The number of rotatable bonds is 8. The van der Waals surface area contributed by atoms with E-state index < -0.39 is 0 Å². The van der Waals surface area contributed by atoms with Crippen molar-refractivity contribution in [3.8, 4) is 0 Å². The smallest absolute Gasteiger partial charge is 0.248 e. The molecule has 4 heteroatoms. The van der Waals surface area contributed by atoms with Crippen LogP contribution in [-0.4, -0.2) is 42.5 Å². The Kier molecular flexibility index (Phi) is 8.82. The first-order valence-corrected chi connectivity index (χ1v) is 6.10. The highest BCUT2D eigenvalue weighted by atomic mass is 35.5. The molecule has 0 saturated carbocycles. The normalized spacial score (nSPS) is 10.7. The van der Waals surface area contributed by atoms with Crippen molar-refractivity contribution in [3.05, 3.63) is 0 Å². The highest BCUT2D eigenvalue weighted by molar-refractivity contribution is 6.17. The lowest BCUT2D eigenvalue weighted by molar-refractivity contribution is -0.137. The summed E-state index contributed by atoms with van der Waals surface area (Å²) < 4.78 is 5.23. The van der Waals surface area contributed by atoms with Crippen LogP contribution in [0.25, 0.3) is 0 Å². The van der Waals surface area contributed by atoms with Gasteiger partial charge in [-0.2, -0.15) is 0 Å². The van der Waals surface area contributed by atoms with E-state index in [9.17, 15) is 4.79 Å². The molecule has 0 aliphatic heterocycles. The van der Waals surface area contributed by atoms with Crippen LogP contribution in [0, 0.1) is 0 Å². The van der Waals surface area contributed by atoms with Crippen LogP contribution in [0.1, 0.15) is 33.6 Å². The average Bonchev–Trinajstić information content (AvgIpc) is 2.18. The second-order valence-electron chi connectivity index (χ2n) is 3.78. The van der Waals surface area contributed by atoms with Gasteiger partial charge in [0.1, 0.15) is 6.61 Å². The fraction of sp³-hybridized carbons (Fsp3) is 0.909. The van der Waals surface area contributed by atoms with Gasteiger partial charge in [-0.25, -0.2) is 0 Å². The van der Waals surface area contributed by atoms with Crippen molar-refractivity contribution in [2.24, 2.45) is 0 Å². The van der Waals surface area contributed by atoms with Gasteiger partial charge in [0.15, 0.2) is 0 Å². The SMILES string of the molecule is CCCOCC(=O)N(CCCCl)C(C)C. The maximum absolute atomic E-state index is 11.7. The quantitative estimate of drug-likeness (QED) is 0.477. The number of ether oxygens (including phenoxy) is 1. The van der Waals surface area contributed by atoms with E-state index in [4.69, 9.17) is 16.3 Å². The van der Waals surface area contributed by atoms with Crippen molar-refractivity contribution >= 4 is 17.5 Å². The van der Waals surface area contributed by atoms with Crippen molar-refractivity contribution in [1.29, 1.82) is 0 Å². The van der Waals surface area contributed by atoms with Crippen molar-refractivity contribution in [2.75, 3.05) is 25.6 Å². The fourth-order valence-corrected chi connectivity index (χ4v) is 1.41. The highest BCUT2D eigenvalue weighted by Gasteiger charge is 2.15. The molecule has 1 amide bonds. The maximum atomic E-state index is 11.7. The monoisotopic (exact) mass is 235 g/mol. The number of carbonyl (C=O) groups is 1. The van der Waals surface area contributed by atoms with E-state index in [1.807, 2.05) is 25.7 Å². The van der Waals surface area contributed by atoms with E-state index in [0.717, 1.165) is 19.4 Å². The van der Waals surface area contributed by atoms with Crippen LogP contribution in [0.3, 0.4) is 0 Å². The molecule has 0 rings (SSSR count). The minimum Gasteiger partial charge on any atom is -0.372 e. The Labute approximate surface area is 97.7 Å². The summed E-state index contributed by atoms with van der Waals surface area (Å²) in [5.41, 5.74) is 0. The van der Waals surface area contributed by atoms with Crippen molar-refractivity contribution in [2.45, 2.75) is 39.7 Å². The Hall–Kier alpha value is -0.280. The van der Waals surface area contributed by atoms with Gasteiger partial charge in [-0.15, -0.1) is 11.6 Å². The zero-order valence-corrected chi connectivity index (χ0v) is 10.7. The lowest BCUT2D eigenvalue weighted by Crippen LogP contribution is -2.40. The van der Waals surface area contributed by atoms with E-state index >= 15 is 0 Å². The summed E-state index contributed by atoms with van der Waals surface area (Å²) in [6, 6.07) is 0.214. The summed E-state index contributed by atoms with van der Waals surface area (Å²) in [6.45, 7) is 7.59. The molecule has 0 heterocycles. The molecular formula is C11H22ClNO2. The van der Waals surface area contributed by atoms with Gasteiger partial charge in [0, 0.05) is 25.1 Å². The molecule has 0 unspecified atom stereocenters. The summed E-state index contributed by atoms with van der Waals surface area (Å²) in [5.74, 6) is 0.648. The van der Waals surface area contributed by atoms with Crippen molar-refractivity contribution in [1.82, 2.24) is 4.90 Å². The third-order valence-corrected chi connectivity index (χ3v) is 2.32. The zero-order chi connectivity index (χ0) is 11.7. The van der Waals surface area contributed by atoms with Crippen LogP contribution < -0.4 is 0 Å². The minimum atomic E-state index is 0.0589. The van der Waals surface area contributed by atoms with E-state index in [-0.39, 0.29) is 18.6 Å². The number of alkyl halides is 1. The van der Waals surface area contributed by atoms with Gasteiger partial charge in [-0.1, -0.05) is 6.92 Å². The summed E-state index contributed by atoms with van der Waals surface area (Å²) >= 11 is 5.61. The summed E-state index contributed by atoms with van der Waals surface area (Å²) in [7, 11) is 0. The third kappa shape index (κ3) is 6.74. The van der Waals surface area contributed by atoms with Gasteiger partial charge < -0.3 is 9.64 Å². The van der Waals surface area contributed by atoms with Gasteiger partial charge in [-0.05, 0) is 26.7 Å². The van der Waals surface area contributed by atoms with Crippen LogP contribution in [0.5, 0.6) is 0 Å². The van der Waals surface area contributed by atoms with Crippen LogP contribution in [-0.2, 0) is 9.53 Å². The molecule has 0 aliphatic carbocycles. The third-order valence-electron chi connectivity index (χ3n) is 2.05. The van der Waals surface area contributed by atoms with Crippen LogP contribution in [0.15, 0.2) is 0 Å².